The maximum Gasteiger partial charge on any atom is 0.274 e. The maximum atomic E-state index is 12.3. The number of aryl methyl sites for hydroxylation is 1. The number of aromatic nitrogens is 2. The van der Waals surface area contributed by atoms with Crippen LogP contribution in [0.15, 0.2) is 17.7 Å². The van der Waals surface area contributed by atoms with Gasteiger partial charge in [-0.3, -0.25) is 4.79 Å². The molecule has 1 rings (SSSR count). The second-order valence-corrected chi connectivity index (χ2v) is 4.91. The monoisotopic (exact) mass is 267 g/mol. The summed E-state index contributed by atoms with van der Waals surface area (Å²) in [6.45, 7) is 5.07. The van der Waals surface area contributed by atoms with E-state index in [1.54, 1.807) is 22.0 Å². The summed E-state index contributed by atoms with van der Waals surface area (Å²) in [6, 6.07) is 0. The zero-order chi connectivity index (χ0) is 14.4. The molecule has 3 N–H and O–H groups in total. The summed E-state index contributed by atoms with van der Waals surface area (Å²) in [5.74, 6) is 0.308. The SMILES string of the molecule is CC(C)CN(CCC(N)=NO)C(=O)c1cn(C)cn1. The average Bonchev–Trinajstić information content (AvgIpc) is 2.79. The van der Waals surface area contributed by atoms with Crippen LogP contribution in [0.3, 0.4) is 0 Å². The third kappa shape index (κ3) is 4.61. The van der Waals surface area contributed by atoms with Crippen LogP contribution in [0.1, 0.15) is 30.8 Å². The number of imidazole rings is 1. The number of rotatable bonds is 6. The number of oxime groups is 1. The highest BCUT2D eigenvalue weighted by molar-refractivity contribution is 5.92. The molecule has 0 saturated carbocycles. The molecule has 0 spiro atoms. The summed E-state index contributed by atoms with van der Waals surface area (Å²) in [4.78, 5) is 18.0. The predicted molar refractivity (Wildman–Crippen MR) is 72.0 cm³/mol. The molecule has 0 atom stereocenters. The molecular weight excluding hydrogens is 246 g/mol. The lowest BCUT2D eigenvalue weighted by atomic mass is 10.2. The van der Waals surface area contributed by atoms with Gasteiger partial charge in [-0.05, 0) is 5.92 Å². The van der Waals surface area contributed by atoms with E-state index in [0.29, 0.717) is 31.1 Å². The zero-order valence-corrected chi connectivity index (χ0v) is 11.6. The number of amidine groups is 1. The quantitative estimate of drug-likeness (QED) is 0.342. The van der Waals surface area contributed by atoms with E-state index < -0.39 is 0 Å². The standard InChI is InChI=1S/C12H21N5O2/c1-9(2)6-17(5-4-11(13)15-19)12(18)10-7-16(3)8-14-10/h7-9,19H,4-6H2,1-3H3,(H2,13,15). The van der Waals surface area contributed by atoms with Gasteiger partial charge >= 0.3 is 0 Å². The minimum absolute atomic E-state index is 0.113. The van der Waals surface area contributed by atoms with Crippen molar-refractivity contribution >= 4 is 11.7 Å². The lowest BCUT2D eigenvalue weighted by Crippen LogP contribution is -2.37. The van der Waals surface area contributed by atoms with Gasteiger partial charge in [0, 0.05) is 32.8 Å². The number of nitrogens with zero attached hydrogens (tertiary/aromatic N) is 4. The zero-order valence-electron chi connectivity index (χ0n) is 11.6. The minimum atomic E-state index is -0.139. The Bertz CT molecular complexity index is 453. The Labute approximate surface area is 112 Å². The Kier molecular flexibility index (Phi) is 5.35. The van der Waals surface area contributed by atoms with Gasteiger partial charge in [-0.15, -0.1) is 0 Å². The van der Waals surface area contributed by atoms with Gasteiger partial charge < -0.3 is 20.4 Å². The van der Waals surface area contributed by atoms with E-state index in [4.69, 9.17) is 10.9 Å². The Morgan fingerprint density at radius 1 is 1.63 bits per heavy atom. The van der Waals surface area contributed by atoms with E-state index in [-0.39, 0.29) is 11.7 Å². The second-order valence-electron chi connectivity index (χ2n) is 4.91. The summed E-state index contributed by atoms with van der Waals surface area (Å²) in [5, 5.41) is 11.4. The fourth-order valence-electron chi connectivity index (χ4n) is 1.70. The van der Waals surface area contributed by atoms with E-state index in [1.807, 2.05) is 20.9 Å². The fraction of sp³-hybridized carbons (Fsp3) is 0.583. The molecule has 0 aromatic carbocycles. The summed E-state index contributed by atoms with van der Waals surface area (Å²) >= 11 is 0. The first kappa shape index (κ1) is 15.0. The highest BCUT2D eigenvalue weighted by Crippen LogP contribution is 2.06. The largest absolute Gasteiger partial charge is 0.409 e. The molecule has 7 nitrogen and oxygen atoms in total. The van der Waals surface area contributed by atoms with E-state index in [0.717, 1.165) is 0 Å². The van der Waals surface area contributed by atoms with Crippen molar-refractivity contribution in [1.82, 2.24) is 14.5 Å². The first-order chi connectivity index (χ1) is 8.93. The highest BCUT2D eigenvalue weighted by atomic mass is 16.4. The van der Waals surface area contributed by atoms with Gasteiger partial charge in [0.1, 0.15) is 11.5 Å². The lowest BCUT2D eigenvalue weighted by Gasteiger charge is -2.23. The molecule has 0 unspecified atom stereocenters. The van der Waals surface area contributed by atoms with Gasteiger partial charge in [0.25, 0.3) is 5.91 Å². The first-order valence-electron chi connectivity index (χ1n) is 6.17. The fourth-order valence-corrected chi connectivity index (χ4v) is 1.70. The van der Waals surface area contributed by atoms with Crippen molar-refractivity contribution in [3.8, 4) is 0 Å². The molecule has 0 saturated heterocycles. The Morgan fingerprint density at radius 2 is 2.32 bits per heavy atom. The summed E-state index contributed by atoms with van der Waals surface area (Å²) < 4.78 is 1.73. The van der Waals surface area contributed by atoms with Crippen molar-refractivity contribution in [2.75, 3.05) is 13.1 Å². The first-order valence-corrected chi connectivity index (χ1v) is 6.17. The molecule has 0 aliphatic rings. The molecule has 1 amide bonds. The van der Waals surface area contributed by atoms with Crippen LogP contribution in [-0.4, -0.2) is 44.5 Å². The summed E-state index contributed by atoms with van der Waals surface area (Å²) in [5.41, 5.74) is 5.84. The van der Waals surface area contributed by atoms with Gasteiger partial charge in [0.15, 0.2) is 0 Å². The van der Waals surface area contributed by atoms with Gasteiger partial charge in [-0.2, -0.15) is 0 Å². The molecule has 106 valence electrons. The molecule has 0 radical (unpaired) electrons. The third-order valence-corrected chi connectivity index (χ3v) is 2.56. The van der Waals surface area contributed by atoms with Crippen molar-refractivity contribution < 1.29 is 10.0 Å². The number of carbonyl (C=O) groups excluding carboxylic acids is 1. The number of amides is 1. The van der Waals surface area contributed by atoms with E-state index in [9.17, 15) is 4.79 Å². The molecule has 0 fully saturated rings. The van der Waals surface area contributed by atoms with Crippen molar-refractivity contribution in [2.24, 2.45) is 23.9 Å². The van der Waals surface area contributed by atoms with Crippen molar-refractivity contribution in [3.05, 3.63) is 18.2 Å². The van der Waals surface area contributed by atoms with Gasteiger partial charge in [0.2, 0.25) is 0 Å². The van der Waals surface area contributed by atoms with Crippen LogP contribution in [0, 0.1) is 5.92 Å². The van der Waals surface area contributed by atoms with Crippen LogP contribution >= 0.6 is 0 Å². The Morgan fingerprint density at radius 3 is 2.79 bits per heavy atom. The van der Waals surface area contributed by atoms with Crippen LogP contribution in [0.2, 0.25) is 0 Å². The van der Waals surface area contributed by atoms with Crippen molar-refractivity contribution in [2.45, 2.75) is 20.3 Å². The van der Waals surface area contributed by atoms with Gasteiger partial charge in [0.05, 0.1) is 6.33 Å². The van der Waals surface area contributed by atoms with Gasteiger partial charge in [-0.25, -0.2) is 4.98 Å². The number of hydrogen-bond donors (Lipinski definition) is 2. The number of nitrogens with two attached hydrogens (primary N) is 1. The summed E-state index contributed by atoms with van der Waals surface area (Å²) in [6.07, 6.45) is 3.60. The van der Waals surface area contributed by atoms with Gasteiger partial charge in [-0.1, -0.05) is 19.0 Å². The molecule has 0 bridgehead atoms. The maximum absolute atomic E-state index is 12.3. The average molecular weight is 267 g/mol. The Hall–Kier alpha value is -2.05. The topological polar surface area (TPSA) is 96.7 Å². The molecule has 1 heterocycles. The highest BCUT2D eigenvalue weighted by Gasteiger charge is 2.19. The predicted octanol–water partition coefficient (Wildman–Crippen LogP) is 0.655. The van der Waals surface area contributed by atoms with Crippen molar-refractivity contribution in [1.29, 1.82) is 0 Å². The lowest BCUT2D eigenvalue weighted by molar-refractivity contribution is 0.0735. The van der Waals surface area contributed by atoms with Crippen LogP contribution in [0.4, 0.5) is 0 Å². The normalized spacial score (nSPS) is 11.9. The van der Waals surface area contributed by atoms with Crippen LogP contribution in [0.5, 0.6) is 0 Å². The Balaban J connectivity index is 2.75. The third-order valence-electron chi connectivity index (χ3n) is 2.56. The van der Waals surface area contributed by atoms with Crippen molar-refractivity contribution in [3.63, 3.8) is 0 Å². The summed E-state index contributed by atoms with van der Waals surface area (Å²) in [7, 11) is 1.81. The number of carbonyl (C=O) groups is 1. The van der Waals surface area contributed by atoms with E-state index in [2.05, 4.69) is 10.1 Å². The second kappa shape index (κ2) is 6.77. The molecule has 0 aliphatic carbocycles. The smallest absolute Gasteiger partial charge is 0.274 e. The molecule has 0 aliphatic heterocycles. The molecule has 19 heavy (non-hydrogen) atoms. The van der Waals surface area contributed by atoms with Crippen LogP contribution in [-0.2, 0) is 7.05 Å². The minimum Gasteiger partial charge on any atom is -0.409 e. The van der Waals surface area contributed by atoms with E-state index >= 15 is 0 Å². The van der Waals surface area contributed by atoms with Crippen LogP contribution in [0.25, 0.3) is 0 Å². The molecule has 1 aromatic heterocycles. The van der Waals surface area contributed by atoms with Crippen LogP contribution < -0.4 is 5.73 Å². The molecular formula is C12H21N5O2. The number of hydrogen-bond acceptors (Lipinski definition) is 4. The molecule has 1 aromatic rings. The van der Waals surface area contributed by atoms with E-state index in [1.165, 1.54) is 0 Å². The molecule has 7 heteroatoms.